The van der Waals surface area contributed by atoms with Crippen molar-refractivity contribution in [2.75, 3.05) is 20.1 Å². The van der Waals surface area contributed by atoms with Crippen LogP contribution in [0.3, 0.4) is 0 Å². The van der Waals surface area contributed by atoms with Crippen molar-refractivity contribution in [1.29, 1.82) is 0 Å². The number of hydrogen-bond acceptors (Lipinski definition) is 6. The zero-order chi connectivity index (χ0) is 16.4. The molecule has 0 aliphatic carbocycles. The average molecular weight is 355 g/mol. The minimum Gasteiger partial charge on any atom is -0.340 e. The number of nitrogens with one attached hydrogen (secondary N) is 1. The summed E-state index contributed by atoms with van der Waals surface area (Å²) in [6, 6.07) is -0.383. The number of aromatic nitrogens is 4. The summed E-state index contributed by atoms with van der Waals surface area (Å²) in [5, 5.41) is 11.1. The Bertz CT molecular complexity index is 685. The normalized spacial score (nSPS) is 19.0. The van der Waals surface area contributed by atoms with Crippen molar-refractivity contribution in [2.45, 2.75) is 31.7 Å². The van der Waals surface area contributed by atoms with Gasteiger partial charge in [0, 0.05) is 31.9 Å². The van der Waals surface area contributed by atoms with Gasteiger partial charge in [0.15, 0.2) is 5.82 Å². The van der Waals surface area contributed by atoms with Gasteiger partial charge in [-0.1, -0.05) is 5.16 Å². The summed E-state index contributed by atoms with van der Waals surface area (Å²) in [7, 11) is 3.63. The number of hydrogen-bond donors (Lipinski definition) is 1. The van der Waals surface area contributed by atoms with Gasteiger partial charge in [0.2, 0.25) is 11.8 Å². The van der Waals surface area contributed by atoms with E-state index in [0.717, 1.165) is 24.9 Å². The van der Waals surface area contributed by atoms with Crippen molar-refractivity contribution in [3.8, 4) is 0 Å². The van der Waals surface area contributed by atoms with E-state index in [1.807, 2.05) is 18.1 Å². The van der Waals surface area contributed by atoms with Crippen molar-refractivity contribution in [1.82, 2.24) is 30.1 Å². The molecule has 0 radical (unpaired) electrons. The Morgan fingerprint density at radius 1 is 1.50 bits per heavy atom. The zero-order valence-corrected chi connectivity index (χ0v) is 14.9. The van der Waals surface area contributed by atoms with Gasteiger partial charge in [-0.2, -0.15) is 10.1 Å². The molecule has 2 unspecified atom stereocenters. The molecule has 2 aromatic rings. The van der Waals surface area contributed by atoms with E-state index in [2.05, 4.69) is 20.6 Å². The van der Waals surface area contributed by atoms with Gasteiger partial charge in [-0.05, 0) is 26.8 Å². The minimum atomic E-state index is -0.383. The Morgan fingerprint density at radius 3 is 2.88 bits per heavy atom. The number of likely N-dealkylation sites (tertiary alicyclic amines) is 1. The van der Waals surface area contributed by atoms with Crippen LogP contribution in [0.15, 0.2) is 16.9 Å². The van der Waals surface area contributed by atoms with Gasteiger partial charge < -0.3 is 14.7 Å². The summed E-state index contributed by atoms with van der Waals surface area (Å²) in [6.07, 6.45) is 5.48. The highest BCUT2D eigenvalue weighted by Gasteiger charge is 2.32. The summed E-state index contributed by atoms with van der Waals surface area (Å²) >= 11 is 0. The van der Waals surface area contributed by atoms with E-state index >= 15 is 0 Å². The lowest BCUT2D eigenvalue weighted by Crippen LogP contribution is -2.44. The highest BCUT2D eigenvalue weighted by Crippen LogP contribution is 2.27. The van der Waals surface area contributed by atoms with Crippen LogP contribution in [-0.4, -0.2) is 50.9 Å². The summed E-state index contributed by atoms with van der Waals surface area (Å²) in [6.45, 7) is 3.16. The zero-order valence-electron chi connectivity index (χ0n) is 14.1. The highest BCUT2D eigenvalue weighted by atomic mass is 35.5. The Morgan fingerprint density at radius 2 is 2.29 bits per heavy atom. The van der Waals surface area contributed by atoms with E-state index < -0.39 is 0 Å². The molecular weight excluding hydrogens is 332 g/mol. The number of likely N-dealkylation sites (N-methyl/N-ethyl adjacent to an activating group) is 1. The molecule has 132 valence electrons. The molecular formula is C15H23ClN6O2. The van der Waals surface area contributed by atoms with E-state index in [1.54, 1.807) is 24.9 Å². The van der Waals surface area contributed by atoms with Gasteiger partial charge in [0.1, 0.15) is 6.04 Å². The van der Waals surface area contributed by atoms with Crippen LogP contribution < -0.4 is 5.32 Å². The number of piperidine rings is 1. The van der Waals surface area contributed by atoms with E-state index in [9.17, 15) is 4.79 Å². The number of carbonyl (C=O) groups is 1. The molecule has 3 heterocycles. The third kappa shape index (κ3) is 3.76. The van der Waals surface area contributed by atoms with Crippen molar-refractivity contribution < 1.29 is 9.32 Å². The number of nitrogens with zero attached hydrogens (tertiary/aromatic N) is 5. The molecule has 9 heteroatoms. The number of aryl methyl sites for hydroxylation is 2. The average Bonchev–Trinajstić information content (AvgIpc) is 3.17. The molecule has 1 N–H and O–H groups in total. The number of carbonyl (C=O) groups excluding carboxylic acids is 1. The second-order valence-corrected chi connectivity index (χ2v) is 5.97. The Hall–Kier alpha value is -1.93. The predicted molar refractivity (Wildman–Crippen MR) is 89.8 cm³/mol. The maximum Gasteiger partial charge on any atom is 0.244 e. The van der Waals surface area contributed by atoms with Crippen molar-refractivity contribution in [3.63, 3.8) is 0 Å². The van der Waals surface area contributed by atoms with Gasteiger partial charge in [-0.25, -0.2) is 0 Å². The molecule has 2 aromatic heterocycles. The van der Waals surface area contributed by atoms with Gasteiger partial charge in [-0.15, -0.1) is 12.4 Å². The molecule has 24 heavy (non-hydrogen) atoms. The fourth-order valence-corrected chi connectivity index (χ4v) is 3.06. The summed E-state index contributed by atoms with van der Waals surface area (Å²) in [5.41, 5.74) is 0.871. The van der Waals surface area contributed by atoms with Crippen molar-refractivity contribution in [2.24, 2.45) is 7.05 Å². The first-order valence-electron chi connectivity index (χ1n) is 7.83. The molecule has 1 saturated heterocycles. The Balaban J connectivity index is 0.00000208. The standard InChI is InChI=1S/C15H22N6O2.ClH/c1-10-18-14(23-19-10)11-5-4-6-21(9-11)15(22)13(16-2)12-7-17-20(3)8-12;/h7-8,11,13,16H,4-6,9H2,1-3H3;1H. The lowest BCUT2D eigenvalue weighted by molar-refractivity contribution is -0.134. The maximum absolute atomic E-state index is 12.9. The molecule has 1 fully saturated rings. The molecule has 0 saturated carbocycles. The monoisotopic (exact) mass is 354 g/mol. The minimum absolute atomic E-state index is 0. The second-order valence-electron chi connectivity index (χ2n) is 5.97. The molecule has 1 amide bonds. The van der Waals surface area contributed by atoms with Crippen LogP contribution in [0, 0.1) is 6.92 Å². The summed E-state index contributed by atoms with van der Waals surface area (Å²) < 4.78 is 6.98. The SMILES string of the molecule is CNC(C(=O)N1CCCC(c2nc(C)no2)C1)c1cnn(C)c1.Cl. The molecule has 2 atom stereocenters. The lowest BCUT2D eigenvalue weighted by Gasteiger charge is -2.33. The van der Waals surface area contributed by atoms with Crippen LogP contribution in [0.2, 0.25) is 0 Å². The van der Waals surface area contributed by atoms with E-state index in [-0.39, 0.29) is 30.3 Å². The molecule has 1 aliphatic heterocycles. The van der Waals surface area contributed by atoms with Gasteiger partial charge in [-0.3, -0.25) is 9.48 Å². The summed E-state index contributed by atoms with van der Waals surface area (Å²) in [5.74, 6) is 1.43. The van der Waals surface area contributed by atoms with E-state index in [0.29, 0.717) is 18.3 Å². The fraction of sp³-hybridized carbons (Fsp3) is 0.600. The van der Waals surface area contributed by atoms with Crippen LogP contribution in [0.4, 0.5) is 0 Å². The highest BCUT2D eigenvalue weighted by molar-refractivity contribution is 5.85. The van der Waals surface area contributed by atoms with Crippen LogP contribution in [-0.2, 0) is 11.8 Å². The molecule has 8 nitrogen and oxygen atoms in total. The molecule has 0 spiro atoms. The Labute approximate surface area is 147 Å². The lowest BCUT2D eigenvalue weighted by atomic mass is 9.97. The number of amides is 1. The van der Waals surface area contributed by atoms with Crippen LogP contribution in [0.5, 0.6) is 0 Å². The van der Waals surface area contributed by atoms with E-state index in [1.165, 1.54) is 0 Å². The fourth-order valence-electron chi connectivity index (χ4n) is 3.06. The topological polar surface area (TPSA) is 89.1 Å². The molecule has 3 rings (SSSR count). The quantitative estimate of drug-likeness (QED) is 0.887. The number of rotatable bonds is 4. The first-order valence-corrected chi connectivity index (χ1v) is 7.83. The molecule has 1 aliphatic rings. The predicted octanol–water partition coefficient (Wildman–Crippen LogP) is 1.20. The van der Waals surface area contributed by atoms with E-state index in [4.69, 9.17) is 4.52 Å². The van der Waals surface area contributed by atoms with Gasteiger partial charge >= 0.3 is 0 Å². The first-order chi connectivity index (χ1) is 11.1. The van der Waals surface area contributed by atoms with Crippen molar-refractivity contribution in [3.05, 3.63) is 29.7 Å². The maximum atomic E-state index is 12.9. The van der Waals surface area contributed by atoms with Gasteiger partial charge in [0.05, 0.1) is 12.1 Å². The number of halogens is 1. The largest absolute Gasteiger partial charge is 0.340 e. The first kappa shape index (κ1) is 18.4. The molecule has 0 aromatic carbocycles. The Kier molecular flexibility index (Phi) is 5.95. The van der Waals surface area contributed by atoms with Crippen LogP contribution in [0.1, 0.15) is 42.1 Å². The van der Waals surface area contributed by atoms with Crippen LogP contribution in [0.25, 0.3) is 0 Å². The molecule has 0 bridgehead atoms. The van der Waals surface area contributed by atoms with Gasteiger partial charge in [0.25, 0.3) is 0 Å². The third-order valence-electron chi connectivity index (χ3n) is 4.22. The van der Waals surface area contributed by atoms with Crippen molar-refractivity contribution >= 4 is 18.3 Å². The van der Waals surface area contributed by atoms with Crippen LogP contribution >= 0.6 is 12.4 Å². The third-order valence-corrected chi connectivity index (χ3v) is 4.22. The smallest absolute Gasteiger partial charge is 0.244 e. The summed E-state index contributed by atoms with van der Waals surface area (Å²) in [4.78, 5) is 19.1. The second kappa shape index (κ2) is 7.76.